The predicted molar refractivity (Wildman–Crippen MR) is 97.1 cm³/mol. The summed E-state index contributed by atoms with van der Waals surface area (Å²) in [5.41, 5.74) is 7.02. The lowest BCUT2D eigenvalue weighted by Crippen LogP contribution is -1.91. The molecule has 0 unspecified atom stereocenters. The maximum atomic E-state index is 6.42. The summed E-state index contributed by atoms with van der Waals surface area (Å²) in [4.78, 5) is 0. The summed E-state index contributed by atoms with van der Waals surface area (Å²) in [6.45, 7) is 0. The van der Waals surface area contributed by atoms with Gasteiger partial charge in [-0.15, -0.1) is 0 Å². The van der Waals surface area contributed by atoms with Gasteiger partial charge < -0.3 is 5.73 Å². The van der Waals surface area contributed by atoms with E-state index in [0.717, 1.165) is 21.5 Å². The molecule has 0 saturated carbocycles. The first-order chi connectivity index (χ1) is 10.8. The number of rotatable bonds is 0. The molecule has 0 amide bonds. The monoisotopic (exact) mass is 301 g/mol. The highest BCUT2D eigenvalue weighted by Crippen LogP contribution is 2.42. The fraction of sp³-hybridized carbons (Fsp3) is 0. The Kier molecular flexibility index (Phi) is 2.21. The number of benzene rings is 5. The van der Waals surface area contributed by atoms with Crippen LogP contribution in [0.15, 0.2) is 60.7 Å². The minimum absolute atomic E-state index is 0.798. The Labute approximate surface area is 132 Å². The van der Waals surface area contributed by atoms with E-state index in [1.54, 1.807) is 0 Å². The second kappa shape index (κ2) is 4.02. The molecule has 0 fully saturated rings. The first-order valence-electron chi connectivity index (χ1n) is 7.29. The summed E-state index contributed by atoms with van der Waals surface area (Å²) >= 11 is 6.42. The van der Waals surface area contributed by atoms with Crippen molar-refractivity contribution in [2.45, 2.75) is 0 Å². The minimum Gasteiger partial charge on any atom is -0.398 e. The molecule has 0 aromatic heterocycles. The SMILES string of the molecule is Nc1ccc2c3cccc4c(Cl)ccc(c5cccc1c25)c43. The van der Waals surface area contributed by atoms with Crippen LogP contribution in [0, 0.1) is 0 Å². The molecule has 2 heteroatoms. The lowest BCUT2D eigenvalue weighted by atomic mass is 9.89. The minimum atomic E-state index is 0.798. The first-order valence-corrected chi connectivity index (χ1v) is 7.67. The van der Waals surface area contributed by atoms with Crippen LogP contribution in [-0.2, 0) is 0 Å². The van der Waals surface area contributed by atoms with Gasteiger partial charge in [-0.2, -0.15) is 0 Å². The van der Waals surface area contributed by atoms with Gasteiger partial charge in [-0.3, -0.25) is 0 Å². The third kappa shape index (κ3) is 1.34. The van der Waals surface area contributed by atoms with Crippen LogP contribution < -0.4 is 5.73 Å². The largest absolute Gasteiger partial charge is 0.398 e. The molecule has 0 saturated heterocycles. The molecule has 0 radical (unpaired) electrons. The van der Waals surface area contributed by atoms with Crippen LogP contribution in [0.2, 0.25) is 5.02 Å². The van der Waals surface area contributed by atoms with E-state index in [-0.39, 0.29) is 0 Å². The Bertz CT molecular complexity index is 1070. The molecular formula is C20H12ClN. The van der Waals surface area contributed by atoms with Gasteiger partial charge >= 0.3 is 0 Å². The van der Waals surface area contributed by atoms with Gasteiger partial charge in [0.2, 0.25) is 0 Å². The molecule has 0 spiro atoms. The van der Waals surface area contributed by atoms with Gasteiger partial charge in [0.05, 0.1) is 0 Å². The quantitative estimate of drug-likeness (QED) is 0.213. The maximum Gasteiger partial charge on any atom is 0.0485 e. The number of nitrogen functional groups attached to an aromatic ring is 1. The number of nitrogens with two attached hydrogens (primary N) is 1. The second-order valence-electron chi connectivity index (χ2n) is 5.75. The highest BCUT2D eigenvalue weighted by atomic mass is 35.5. The summed E-state index contributed by atoms with van der Waals surface area (Å²) in [6, 6.07) is 20.9. The molecule has 0 atom stereocenters. The summed E-state index contributed by atoms with van der Waals surface area (Å²) in [5.74, 6) is 0. The molecule has 5 aromatic carbocycles. The molecule has 0 heterocycles. The van der Waals surface area contributed by atoms with Crippen LogP contribution in [0.5, 0.6) is 0 Å². The zero-order chi connectivity index (χ0) is 14.8. The van der Waals surface area contributed by atoms with Crippen LogP contribution in [0.4, 0.5) is 5.69 Å². The topological polar surface area (TPSA) is 26.0 Å². The van der Waals surface area contributed by atoms with Crippen molar-refractivity contribution in [3.8, 4) is 0 Å². The van der Waals surface area contributed by atoms with Crippen LogP contribution >= 0.6 is 11.6 Å². The molecule has 2 N–H and O–H groups in total. The Morgan fingerprint density at radius 1 is 0.545 bits per heavy atom. The van der Waals surface area contributed by atoms with Crippen LogP contribution in [0.1, 0.15) is 0 Å². The van der Waals surface area contributed by atoms with Crippen molar-refractivity contribution in [1.82, 2.24) is 0 Å². The lowest BCUT2D eigenvalue weighted by molar-refractivity contribution is 1.76. The normalized spacial score (nSPS) is 12.0. The van der Waals surface area contributed by atoms with Gasteiger partial charge in [-0.1, -0.05) is 60.1 Å². The third-order valence-corrected chi connectivity index (χ3v) is 4.97. The van der Waals surface area contributed by atoms with Crippen molar-refractivity contribution >= 4 is 60.4 Å². The van der Waals surface area contributed by atoms with Gasteiger partial charge in [0, 0.05) is 21.5 Å². The second-order valence-corrected chi connectivity index (χ2v) is 6.16. The van der Waals surface area contributed by atoms with Gasteiger partial charge in [0.15, 0.2) is 0 Å². The average Bonchev–Trinajstić information content (AvgIpc) is 2.55. The van der Waals surface area contributed by atoms with E-state index >= 15 is 0 Å². The van der Waals surface area contributed by atoms with Gasteiger partial charge in [0.1, 0.15) is 0 Å². The van der Waals surface area contributed by atoms with Gasteiger partial charge in [-0.05, 0) is 44.5 Å². The molecular weight excluding hydrogens is 290 g/mol. The Morgan fingerprint density at radius 3 is 1.77 bits per heavy atom. The van der Waals surface area contributed by atoms with E-state index in [4.69, 9.17) is 17.3 Å². The molecule has 22 heavy (non-hydrogen) atoms. The predicted octanol–water partition coefficient (Wildman–Crippen LogP) is 5.97. The molecule has 0 aliphatic carbocycles. The highest BCUT2D eigenvalue weighted by molar-refractivity contribution is 6.41. The molecule has 5 rings (SSSR count). The Hall–Kier alpha value is -2.51. The van der Waals surface area contributed by atoms with Crippen LogP contribution in [0.3, 0.4) is 0 Å². The zero-order valence-corrected chi connectivity index (χ0v) is 12.5. The maximum absolute atomic E-state index is 6.42. The van der Waals surface area contributed by atoms with Crippen molar-refractivity contribution in [3.63, 3.8) is 0 Å². The highest BCUT2D eigenvalue weighted by Gasteiger charge is 2.14. The molecule has 0 aliphatic heterocycles. The van der Waals surface area contributed by atoms with Gasteiger partial charge in [0.25, 0.3) is 0 Å². The number of anilines is 1. The zero-order valence-electron chi connectivity index (χ0n) is 11.7. The molecule has 0 aliphatic rings. The number of halogens is 1. The number of fused-ring (bicyclic) bond motifs is 2. The van der Waals surface area contributed by atoms with E-state index in [1.807, 2.05) is 12.1 Å². The van der Waals surface area contributed by atoms with Crippen LogP contribution in [0.25, 0.3) is 43.1 Å². The summed E-state index contributed by atoms with van der Waals surface area (Å²) in [7, 11) is 0. The fourth-order valence-corrected chi connectivity index (χ4v) is 3.92. The Balaban J connectivity index is 2.28. The van der Waals surface area contributed by atoms with E-state index < -0.39 is 0 Å². The third-order valence-electron chi connectivity index (χ3n) is 4.64. The standard InChI is InChI=1S/C20H12ClN/c21-17-9-7-13-12-4-2-6-16-18(22)10-8-14(20(12)16)11-3-1-5-15(17)19(11)13/h1-10H,22H2. The molecule has 0 bridgehead atoms. The van der Waals surface area contributed by atoms with Crippen molar-refractivity contribution in [2.75, 3.05) is 5.73 Å². The number of hydrogen-bond acceptors (Lipinski definition) is 1. The lowest BCUT2D eigenvalue weighted by Gasteiger charge is -2.15. The number of hydrogen-bond donors (Lipinski definition) is 1. The van der Waals surface area contributed by atoms with Crippen molar-refractivity contribution in [3.05, 3.63) is 65.7 Å². The summed E-state index contributed by atoms with van der Waals surface area (Å²) in [5, 5.41) is 10.4. The summed E-state index contributed by atoms with van der Waals surface area (Å²) in [6.07, 6.45) is 0. The van der Waals surface area contributed by atoms with E-state index in [2.05, 4.69) is 48.5 Å². The summed E-state index contributed by atoms with van der Waals surface area (Å²) < 4.78 is 0. The van der Waals surface area contributed by atoms with E-state index in [1.165, 1.54) is 32.3 Å². The van der Waals surface area contributed by atoms with E-state index in [0.29, 0.717) is 0 Å². The Morgan fingerprint density at radius 2 is 1.05 bits per heavy atom. The average molecular weight is 302 g/mol. The fourth-order valence-electron chi connectivity index (χ4n) is 3.70. The smallest absolute Gasteiger partial charge is 0.0485 e. The van der Waals surface area contributed by atoms with E-state index in [9.17, 15) is 0 Å². The van der Waals surface area contributed by atoms with Crippen LogP contribution in [-0.4, -0.2) is 0 Å². The van der Waals surface area contributed by atoms with Crippen molar-refractivity contribution < 1.29 is 0 Å². The molecule has 5 aromatic rings. The van der Waals surface area contributed by atoms with Gasteiger partial charge in [-0.25, -0.2) is 0 Å². The van der Waals surface area contributed by atoms with Crippen molar-refractivity contribution in [1.29, 1.82) is 0 Å². The molecule has 104 valence electrons. The first kappa shape index (κ1) is 12.1. The van der Waals surface area contributed by atoms with Crippen molar-refractivity contribution in [2.24, 2.45) is 0 Å². The molecule has 1 nitrogen and oxygen atoms in total.